The number of hydrogen-bond donors (Lipinski definition) is 1. The minimum atomic E-state index is -3.96. The Bertz CT molecular complexity index is 1210. The Morgan fingerprint density at radius 1 is 0.973 bits per heavy atom. The van der Waals surface area contributed by atoms with E-state index in [0.717, 1.165) is 27.8 Å². The predicted molar refractivity (Wildman–Crippen MR) is 151 cm³/mol. The van der Waals surface area contributed by atoms with E-state index in [-0.39, 0.29) is 23.2 Å². The van der Waals surface area contributed by atoms with Crippen molar-refractivity contribution < 1.29 is 13.2 Å². The molecule has 1 fully saturated rings. The smallest absolute Gasteiger partial charge is 0.264 e. The summed E-state index contributed by atoms with van der Waals surface area (Å²) in [5, 5.41) is 0. The van der Waals surface area contributed by atoms with Crippen molar-refractivity contribution in [3.8, 4) is 11.8 Å². The molecule has 0 unspecified atom stereocenters. The van der Waals surface area contributed by atoms with Gasteiger partial charge in [0.2, 0.25) is 5.91 Å². The van der Waals surface area contributed by atoms with Gasteiger partial charge in [-0.15, -0.1) is 0 Å². The highest BCUT2D eigenvalue weighted by Crippen LogP contribution is 2.30. The van der Waals surface area contributed by atoms with Gasteiger partial charge in [0.25, 0.3) is 10.0 Å². The number of nitrogens with zero attached hydrogens (tertiary/aromatic N) is 1. The topological polar surface area (TPSA) is 66.5 Å². The maximum absolute atomic E-state index is 13.1. The van der Waals surface area contributed by atoms with Crippen LogP contribution in [-0.4, -0.2) is 33.3 Å². The Balaban J connectivity index is 1.84. The highest BCUT2D eigenvalue weighted by atomic mass is 32.2. The molecule has 0 bridgehead atoms. The standard InChI is InChI=1S/C31H42N2O3S/c1-22(2)28-18-26(13-12-24-10-8-7-9-11-24)19-29(23(3)4)30(28)20-31(34)32-37(35,36)27-16-14-25(15-17-27)21-33(5)6/h14-19,22-24H,7-11,20-21H2,1-6H3,(H,32,34). The Hall–Kier alpha value is -2.62. The molecule has 0 aromatic heterocycles. The van der Waals surface area contributed by atoms with Crippen molar-refractivity contribution in [2.45, 2.75) is 89.5 Å². The molecule has 0 spiro atoms. The second-order valence-corrected chi connectivity index (χ2v) is 12.8. The number of amides is 1. The highest BCUT2D eigenvalue weighted by Gasteiger charge is 2.22. The molecule has 200 valence electrons. The molecule has 0 aliphatic heterocycles. The zero-order chi connectivity index (χ0) is 27.2. The first-order valence-electron chi connectivity index (χ1n) is 13.4. The molecule has 0 heterocycles. The summed E-state index contributed by atoms with van der Waals surface area (Å²) >= 11 is 0. The summed E-state index contributed by atoms with van der Waals surface area (Å²) in [6.07, 6.45) is 6.17. The fourth-order valence-corrected chi connectivity index (χ4v) is 5.99. The van der Waals surface area contributed by atoms with E-state index in [1.807, 2.05) is 19.0 Å². The van der Waals surface area contributed by atoms with E-state index in [9.17, 15) is 13.2 Å². The van der Waals surface area contributed by atoms with Crippen molar-refractivity contribution in [2.75, 3.05) is 14.1 Å². The van der Waals surface area contributed by atoms with Crippen molar-refractivity contribution in [3.05, 3.63) is 64.2 Å². The number of carbonyl (C=O) groups excluding carboxylic acids is 1. The molecule has 1 aliphatic carbocycles. The van der Waals surface area contributed by atoms with Crippen LogP contribution in [0.4, 0.5) is 0 Å². The largest absolute Gasteiger partial charge is 0.305 e. The van der Waals surface area contributed by atoms with Crippen LogP contribution < -0.4 is 4.72 Å². The van der Waals surface area contributed by atoms with Gasteiger partial charge in [0, 0.05) is 18.0 Å². The second-order valence-electron chi connectivity index (χ2n) is 11.1. The van der Waals surface area contributed by atoms with E-state index >= 15 is 0 Å². The average molecular weight is 523 g/mol. The minimum Gasteiger partial charge on any atom is -0.305 e. The van der Waals surface area contributed by atoms with Gasteiger partial charge in [0.15, 0.2) is 0 Å². The first kappa shape index (κ1) is 28.9. The summed E-state index contributed by atoms with van der Waals surface area (Å²) in [7, 11) is -0.0439. The quantitative estimate of drug-likeness (QED) is 0.434. The number of nitrogens with one attached hydrogen (secondary N) is 1. The van der Waals surface area contributed by atoms with Gasteiger partial charge in [-0.25, -0.2) is 13.1 Å². The van der Waals surface area contributed by atoms with Gasteiger partial charge >= 0.3 is 0 Å². The number of hydrogen-bond acceptors (Lipinski definition) is 4. The molecule has 3 rings (SSSR count). The lowest BCUT2D eigenvalue weighted by molar-refractivity contribution is -0.118. The van der Waals surface area contributed by atoms with Gasteiger partial charge in [-0.3, -0.25) is 4.79 Å². The van der Waals surface area contributed by atoms with Crippen LogP contribution >= 0.6 is 0 Å². The highest BCUT2D eigenvalue weighted by molar-refractivity contribution is 7.90. The molecule has 5 nitrogen and oxygen atoms in total. The lowest BCUT2D eigenvalue weighted by atomic mass is 9.85. The van der Waals surface area contributed by atoms with Crippen molar-refractivity contribution >= 4 is 15.9 Å². The van der Waals surface area contributed by atoms with Gasteiger partial charge in [-0.1, -0.05) is 70.9 Å². The number of carbonyl (C=O) groups is 1. The molecule has 1 aliphatic rings. The zero-order valence-electron chi connectivity index (χ0n) is 23.2. The molecule has 0 atom stereocenters. The summed E-state index contributed by atoms with van der Waals surface area (Å²) in [5.41, 5.74) is 5.00. The third-order valence-corrected chi connectivity index (χ3v) is 8.30. The van der Waals surface area contributed by atoms with Crippen molar-refractivity contribution in [3.63, 3.8) is 0 Å². The van der Waals surface area contributed by atoms with E-state index in [1.54, 1.807) is 24.3 Å². The third-order valence-electron chi connectivity index (χ3n) is 6.91. The number of rotatable bonds is 8. The van der Waals surface area contributed by atoms with E-state index in [1.165, 1.54) is 32.1 Å². The third kappa shape index (κ3) is 8.18. The molecule has 0 saturated heterocycles. The summed E-state index contributed by atoms with van der Waals surface area (Å²) in [4.78, 5) is 15.2. The van der Waals surface area contributed by atoms with Crippen LogP contribution in [-0.2, 0) is 27.8 Å². The van der Waals surface area contributed by atoms with Crippen LogP contribution in [0.25, 0.3) is 0 Å². The molecular weight excluding hydrogens is 480 g/mol. The summed E-state index contributed by atoms with van der Waals surface area (Å²) in [6.45, 7) is 9.12. The van der Waals surface area contributed by atoms with Gasteiger partial charge in [0.05, 0.1) is 11.3 Å². The molecule has 1 amide bonds. The van der Waals surface area contributed by atoms with E-state index in [4.69, 9.17) is 0 Å². The predicted octanol–water partition coefficient (Wildman–Crippen LogP) is 5.97. The Morgan fingerprint density at radius 2 is 1.54 bits per heavy atom. The fourth-order valence-electron chi connectivity index (χ4n) is 5.00. The van der Waals surface area contributed by atoms with Crippen molar-refractivity contribution in [1.82, 2.24) is 9.62 Å². The number of sulfonamides is 1. The first-order chi connectivity index (χ1) is 17.5. The monoisotopic (exact) mass is 522 g/mol. The second kappa shape index (κ2) is 12.8. The van der Waals surface area contributed by atoms with Crippen LogP contribution in [0.2, 0.25) is 0 Å². The SMILES string of the molecule is CC(C)c1cc(C#CC2CCCCC2)cc(C(C)C)c1CC(=O)NS(=O)(=O)c1ccc(CN(C)C)cc1. The molecule has 1 N–H and O–H groups in total. The lowest BCUT2D eigenvalue weighted by Gasteiger charge is -2.21. The van der Waals surface area contributed by atoms with Gasteiger partial charge < -0.3 is 4.90 Å². The Morgan fingerprint density at radius 3 is 2.05 bits per heavy atom. The maximum atomic E-state index is 13.1. The first-order valence-corrected chi connectivity index (χ1v) is 14.9. The van der Waals surface area contributed by atoms with Gasteiger partial charge in [-0.2, -0.15) is 0 Å². The van der Waals surface area contributed by atoms with Crippen molar-refractivity contribution in [1.29, 1.82) is 0 Å². The van der Waals surface area contributed by atoms with Crippen LogP contribution in [0.5, 0.6) is 0 Å². The van der Waals surface area contributed by atoms with Crippen LogP contribution in [0, 0.1) is 17.8 Å². The van der Waals surface area contributed by atoms with Gasteiger partial charge in [0.1, 0.15) is 0 Å². The molecule has 6 heteroatoms. The Labute approximate surface area is 224 Å². The van der Waals surface area contributed by atoms with Crippen molar-refractivity contribution in [2.24, 2.45) is 5.92 Å². The van der Waals surface area contributed by atoms with E-state index in [0.29, 0.717) is 12.5 Å². The molecule has 2 aromatic rings. The minimum absolute atomic E-state index is 0.00923. The average Bonchev–Trinajstić information content (AvgIpc) is 2.83. The fraction of sp³-hybridized carbons (Fsp3) is 0.516. The summed E-state index contributed by atoms with van der Waals surface area (Å²) < 4.78 is 28.2. The molecular formula is C31H42N2O3S. The van der Waals surface area contributed by atoms with Crippen LogP contribution in [0.3, 0.4) is 0 Å². The Kier molecular flexibility index (Phi) is 9.98. The maximum Gasteiger partial charge on any atom is 0.264 e. The number of benzene rings is 2. The van der Waals surface area contributed by atoms with Crippen LogP contribution in [0.1, 0.15) is 99.5 Å². The molecule has 37 heavy (non-hydrogen) atoms. The van der Waals surface area contributed by atoms with E-state index in [2.05, 4.69) is 56.4 Å². The molecule has 2 aromatic carbocycles. The normalized spacial score (nSPS) is 14.6. The molecule has 0 radical (unpaired) electrons. The zero-order valence-corrected chi connectivity index (χ0v) is 24.0. The van der Waals surface area contributed by atoms with Gasteiger partial charge in [-0.05, 0) is 85.3 Å². The van der Waals surface area contributed by atoms with Crippen LogP contribution in [0.15, 0.2) is 41.3 Å². The lowest BCUT2D eigenvalue weighted by Crippen LogP contribution is -2.32. The summed E-state index contributed by atoms with van der Waals surface area (Å²) in [6, 6.07) is 10.8. The van der Waals surface area contributed by atoms with E-state index < -0.39 is 15.9 Å². The molecule has 1 saturated carbocycles. The summed E-state index contributed by atoms with van der Waals surface area (Å²) in [5.74, 6) is 7.19.